The second kappa shape index (κ2) is 11.8. The number of hydrogen-bond acceptors (Lipinski definition) is 0. The molecule has 11 aromatic rings. The van der Waals surface area contributed by atoms with Gasteiger partial charge in [0.2, 0.25) is 0 Å². The third-order valence-electron chi connectivity index (χ3n) is 11.1. The van der Waals surface area contributed by atoms with Crippen LogP contribution in [0.15, 0.2) is 176 Å². The molecule has 0 atom stereocenters. The molecule has 3 aromatic heterocycles. The van der Waals surface area contributed by atoms with E-state index in [0.717, 1.165) is 82.8 Å². The van der Waals surface area contributed by atoms with E-state index in [9.17, 15) is 0 Å². The van der Waals surface area contributed by atoms with Crippen LogP contribution in [0.1, 0.15) is 0 Å². The van der Waals surface area contributed by atoms with Gasteiger partial charge in [0.15, 0.2) is 11.4 Å². The highest BCUT2D eigenvalue weighted by Gasteiger charge is 2.21. The van der Waals surface area contributed by atoms with Gasteiger partial charge in [0.25, 0.3) is 0 Å². The molecule has 0 saturated heterocycles. The maximum atomic E-state index is 8.32. The van der Waals surface area contributed by atoms with Crippen LogP contribution in [0.25, 0.3) is 103 Å². The standard InChI is InChI=1S/C50H29N5/c1-51-40-17-11-23-46(49(40)32-25-27-33(28-26-32)53-45-22-10-6-16-39(45)50-41(52-2)18-12-24-47(50)53)55-44-21-9-5-15-37(44)38-30-29-34(31-48(38)55)54-42-19-7-3-13-35(42)36-14-4-8-20-43(36)54/h3-31H. The second-order valence-electron chi connectivity index (χ2n) is 13.9. The largest absolute Gasteiger partial charge is 0.311 e. The smallest absolute Gasteiger partial charge is 0.197 e. The van der Waals surface area contributed by atoms with Crippen LogP contribution in [0.2, 0.25) is 0 Å². The minimum absolute atomic E-state index is 0.591. The van der Waals surface area contributed by atoms with E-state index in [1.165, 1.54) is 10.8 Å². The van der Waals surface area contributed by atoms with Gasteiger partial charge in [-0.05, 0) is 71.6 Å². The topological polar surface area (TPSA) is 23.5 Å². The Labute approximate surface area is 316 Å². The highest BCUT2D eigenvalue weighted by Crippen LogP contribution is 2.43. The van der Waals surface area contributed by atoms with Crippen molar-refractivity contribution in [1.29, 1.82) is 0 Å². The fraction of sp³-hybridized carbons (Fsp3) is 0. The van der Waals surface area contributed by atoms with E-state index in [2.05, 4.69) is 163 Å². The molecule has 0 saturated carbocycles. The molecule has 0 aliphatic heterocycles. The summed E-state index contributed by atoms with van der Waals surface area (Å²) < 4.78 is 6.92. The van der Waals surface area contributed by atoms with Crippen LogP contribution in [0.3, 0.4) is 0 Å². The summed E-state index contributed by atoms with van der Waals surface area (Å²) >= 11 is 0. The molecule has 0 aliphatic rings. The number of hydrogen-bond donors (Lipinski definition) is 0. The lowest BCUT2D eigenvalue weighted by atomic mass is 10.0. The van der Waals surface area contributed by atoms with Crippen molar-refractivity contribution < 1.29 is 0 Å². The maximum Gasteiger partial charge on any atom is 0.197 e. The maximum absolute atomic E-state index is 8.32. The molecule has 0 aliphatic carbocycles. The van der Waals surface area contributed by atoms with E-state index in [4.69, 9.17) is 13.1 Å². The van der Waals surface area contributed by atoms with Crippen LogP contribution in [0, 0.1) is 13.1 Å². The third kappa shape index (κ3) is 4.39. The molecular formula is C50H29N5. The number of nitrogens with zero attached hydrogens (tertiary/aromatic N) is 5. The molecule has 0 N–H and O–H groups in total. The van der Waals surface area contributed by atoms with Gasteiger partial charge in [0.05, 0.1) is 40.7 Å². The zero-order chi connectivity index (χ0) is 36.6. The quantitative estimate of drug-likeness (QED) is 0.163. The van der Waals surface area contributed by atoms with E-state index in [0.29, 0.717) is 11.4 Å². The Morgan fingerprint density at radius 3 is 1.45 bits per heavy atom. The molecule has 0 spiro atoms. The number of aromatic nitrogens is 3. The fourth-order valence-corrected chi connectivity index (χ4v) is 8.81. The molecule has 0 radical (unpaired) electrons. The van der Waals surface area contributed by atoms with Crippen molar-refractivity contribution in [3.63, 3.8) is 0 Å². The normalized spacial score (nSPS) is 11.6. The van der Waals surface area contributed by atoms with Gasteiger partial charge in [-0.3, -0.25) is 0 Å². The van der Waals surface area contributed by atoms with Crippen molar-refractivity contribution in [3.05, 3.63) is 199 Å². The minimum Gasteiger partial charge on any atom is -0.311 e. The van der Waals surface area contributed by atoms with E-state index in [1.54, 1.807) is 0 Å². The van der Waals surface area contributed by atoms with E-state index in [1.807, 2.05) is 36.4 Å². The molecule has 254 valence electrons. The number of benzene rings is 8. The zero-order valence-corrected chi connectivity index (χ0v) is 29.5. The number of para-hydroxylation sites is 4. The highest BCUT2D eigenvalue weighted by atomic mass is 15.0. The summed E-state index contributed by atoms with van der Waals surface area (Å²) in [4.78, 5) is 7.93. The molecule has 3 heterocycles. The molecule has 5 heteroatoms. The highest BCUT2D eigenvalue weighted by molar-refractivity contribution is 6.15. The third-order valence-corrected chi connectivity index (χ3v) is 11.1. The SMILES string of the molecule is [C-]#[N+]c1cccc(-n2c3ccccc3c3ccc(-n4c5ccccc5c5ccccc54)cc32)c1-c1ccc(-n2c3ccccc3c3c([N+]#[C-])cccc32)cc1. The Bertz CT molecular complexity index is 3400. The summed E-state index contributed by atoms with van der Waals surface area (Å²) in [5.74, 6) is 0. The fourth-order valence-electron chi connectivity index (χ4n) is 8.81. The second-order valence-corrected chi connectivity index (χ2v) is 13.9. The van der Waals surface area contributed by atoms with Crippen molar-refractivity contribution in [2.75, 3.05) is 0 Å². The van der Waals surface area contributed by atoms with Crippen molar-refractivity contribution in [2.45, 2.75) is 0 Å². The summed E-state index contributed by atoms with van der Waals surface area (Å²) in [6, 6.07) is 61.2. The first-order chi connectivity index (χ1) is 27.2. The molecule has 8 aromatic carbocycles. The summed E-state index contributed by atoms with van der Waals surface area (Å²) in [6.45, 7) is 16.2. The molecule has 55 heavy (non-hydrogen) atoms. The van der Waals surface area contributed by atoms with Crippen molar-refractivity contribution in [2.24, 2.45) is 0 Å². The average Bonchev–Trinajstić information content (AvgIpc) is 3.89. The monoisotopic (exact) mass is 699 g/mol. The Balaban J connectivity index is 1.14. The Kier molecular flexibility index (Phi) is 6.61. The van der Waals surface area contributed by atoms with Crippen molar-refractivity contribution in [3.8, 4) is 28.2 Å². The van der Waals surface area contributed by atoms with Crippen LogP contribution in [-0.2, 0) is 0 Å². The Morgan fingerprint density at radius 1 is 0.345 bits per heavy atom. The lowest BCUT2D eigenvalue weighted by Gasteiger charge is -2.17. The molecular weight excluding hydrogens is 671 g/mol. The number of rotatable bonds is 4. The van der Waals surface area contributed by atoms with Crippen LogP contribution >= 0.6 is 0 Å². The Morgan fingerprint density at radius 2 is 0.818 bits per heavy atom. The molecule has 0 unspecified atom stereocenters. The summed E-state index contributed by atoms with van der Waals surface area (Å²) in [5.41, 5.74) is 12.6. The molecule has 11 rings (SSSR count). The van der Waals surface area contributed by atoms with Crippen molar-refractivity contribution in [1.82, 2.24) is 13.7 Å². The molecule has 0 amide bonds. The predicted molar refractivity (Wildman–Crippen MR) is 227 cm³/mol. The van der Waals surface area contributed by atoms with Gasteiger partial charge in [-0.2, -0.15) is 0 Å². The number of fused-ring (bicyclic) bond motifs is 9. The lowest BCUT2D eigenvalue weighted by molar-refractivity contribution is 1.15. The molecule has 5 nitrogen and oxygen atoms in total. The van der Waals surface area contributed by atoms with Crippen molar-refractivity contribution >= 4 is 76.8 Å². The predicted octanol–water partition coefficient (Wildman–Crippen LogP) is 13.7. The van der Waals surface area contributed by atoms with Crippen LogP contribution < -0.4 is 0 Å². The van der Waals surface area contributed by atoms with Crippen LogP contribution in [0.5, 0.6) is 0 Å². The molecule has 0 bridgehead atoms. The van der Waals surface area contributed by atoms with Gasteiger partial charge in [-0.1, -0.05) is 115 Å². The first-order valence-electron chi connectivity index (χ1n) is 18.3. The summed E-state index contributed by atoms with van der Waals surface area (Å²) in [6.07, 6.45) is 0. The zero-order valence-electron chi connectivity index (χ0n) is 29.5. The first kappa shape index (κ1) is 30.7. The minimum atomic E-state index is 0.591. The van der Waals surface area contributed by atoms with Gasteiger partial charge in [-0.25, -0.2) is 9.69 Å². The molecule has 0 fully saturated rings. The lowest BCUT2D eigenvalue weighted by Crippen LogP contribution is -1.99. The van der Waals surface area contributed by atoms with E-state index in [-0.39, 0.29) is 0 Å². The van der Waals surface area contributed by atoms with Crippen LogP contribution in [0.4, 0.5) is 11.4 Å². The summed E-state index contributed by atoms with van der Waals surface area (Å²) in [5, 5.41) is 6.78. The summed E-state index contributed by atoms with van der Waals surface area (Å²) in [7, 11) is 0. The first-order valence-corrected chi connectivity index (χ1v) is 18.3. The van der Waals surface area contributed by atoms with Gasteiger partial charge < -0.3 is 13.7 Å². The van der Waals surface area contributed by atoms with Crippen LogP contribution in [-0.4, -0.2) is 13.7 Å². The van der Waals surface area contributed by atoms with Gasteiger partial charge in [0.1, 0.15) is 0 Å². The van der Waals surface area contributed by atoms with Gasteiger partial charge in [0, 0.05) is 55.1 Å². The Hall–Kier alpha value is -7.86. The van der Waals surface area contributed by atoms with E-state index < -0.39 is 0 Å². The average molecular weight is 700 g/mol. The van der Waals surface area contributed by atoms with E-state index >= 15 is 0 Å². The van der Waals surface area contributed by atoms with Gasteiger partial charge >= 0.3 is 0 Å². The van der Waals surface area contributed by atoms with Gasteiger partial charge in [-0.15, -0.1) is 0 Å².